The number of amides is 2. The fraction of sp³-hybridized carbons (Fsp3) is 0.0870. The lowest BCUT2D eigenvalue weighted by Gasteiger charge is -2.09. The number of carboxylic acids is 1. The number of hydrogen-bond donors (Lipinski definition) is 3. The van der Waals surface area contributed by atoms with Crippen molar-refractivity contribution in [2.75, 3.05) is 23.5 Å². The molecule has 0 radical (unpaired) electrons. The zero-order valence-corrected chi connectivity index (χ0v) is 18.5. The molecule has 164 valence electrons. The first-order chi connectivity index (χ1) is 15.4. The van der Waals surface area contributed by atoms with Crippen LogP contribution in [-0.2, 0) is 4.79 Å². The molecule has 3 N–H and O–H groups in total. The van der Waals surface area contributed by atoms with Crippen molar-refractivity contribution in [2.45, 2.75) is 4.90 Å². The highest BCUT2D eigenvalue weighted by atomic mass is 35.5. The van der Waals surface area contributed by atoms with Crippen LogP contribution >= 0.6 is 23.4 Å². The standard InChI is InChI=1S/C23H19ClN2O5S/c1-31-17-6-2-4-14(10-17)22(28)26-15-5-3-7-18(11-15)32-13-21(27)25-16-8-9-20(24)19(12-16)23(29)30/h2-12H,13H2,1H3,(H,25,27)(H,26,28)(H,29,30). The van der Waals surface area contributed by atoms with E-state index in [2.05, 4.69) is 10.6 Å². The third-order valence-electron chi connectivity index (χ3n) is 4.27. The Morgan fingerprint density at radius 2 is 1.72 bits per heavy atom. The number of carbonyl (C=O) groups is 3. The number of rotatable bonds is 8. The minimum atomic E-state index is -1.17. The molecule has 0 aliphatic carbocycles. The van der Waals surface area contributed by atoms with Crippen molar-refractivity contribution in [1.82, 2.24) is 0 Å². The van der Waals surface area contributed by atoms with E-state index in [1.807, 2.05) is 6.07 Å². The molecule has 7 nitrogen and oxygen atoms in total. The number of methoxy groups -OCH3 is 1. The average Bonchev–Trinajstić information content (AvgIpc) is 2.79. The van der Waals surface area contributed by atoms with Gasteiger partial charge in [-0.15, -0.1) is 11.8 Å². The SMILES string of the molecule is COc1cccc(C(=O)Nc2cccc(SCC(=O)Nc3ccc(Cl)c(C(=O)O)c3)c2)c1. The summed E-state index contributed by atoms with van der Waals surface area (Å²) in [5, 5.41) is 14.7. The molecule has 0 atom stereocenters. The van der Waals surface area contributed by atoms with Gasteiger partial charge < -0.3 is 20.5 Å². The van der Waals surface area contributed by atoms with Crippen LogP contribution in [0.3, 0.4) is 0 Å². The fourth-order valence-electron chi connectivity index (χ4n) is 2.74. The van der Waals surface area contributed by atoms with Gasteiger partial charge in [-0.3, -0.25) is 9.59 Å². The maximum Gasteiger partial charge on any atom is 0.337 e. The van der Waals surface area contributed by atoms with E-state index >= 15 is 0 Å². The topological polar surface area (TPSA) is 105 Å². The molecule has 0 saturated carbocycles. The van der Waals surface area contributed by atoms with Gasteiger partial charge in [0, 0.05) is 21.8 Å². The molecule has 3 aromatic carbocycles. The van der Waals surface area contributed by atoms with Gasteiger partial charge in [-0.1, -0.05) is 23.7 Å². The van der Waals surface area contributed by atoms with E-state index in [9.17, 15) is 14.4 Å². The minimum Gasteiger partial charge on any atom is -0.497 e. The second-order valence-electron chi connectivity index (χ2n) is 6.55. The number of aromatic carboxylic acids is 1. The first-order valence-electron chi connectivity index (χ1n) is 9.36. The van der Waals surface area contributed by atoms with Gasteiger partial charge in [0.25, 0.3) is 5.91 Å². The van der Waals surface area contributed by atoms with Crippen molar-refractivity contribution in [3.05, 3.63) is 82.9 Å². The molecule has 0 fully saturated rings. The number of hydrogen-bond acceptors (Lipinski definition) is 5. The second kappa shape index (κ2) is 10.7. The molecule has 0 spiro atoms. The summed E-state index contributed by atoms with van der Waals surface area (Å²) in [4.78, 5) is 36.7. The summed E-state index contributed by atoms with van der Waals surface area (Å²) in [6.07, 6.45) is 0. The molecule has 0 aliphatic rings. The Morgan fingerprint density at radius 1 is 0.969 bits per heavy atom. The Labute approximate surface area is 193 Å². The van der Waals surface area contributed by atoms with E-state index in [-0.39, 0.29) is 28.2 Å². The minimum absolute atomic E-state index is 0.0865. The van der Waals surface area contributed by atoms with Crippen LogP contribution in [0.2, 0.25) is 5.02 Å². The normalized spacial score (nSPS) is 10.3. The van der Waals surface area contributed by atoms with Crippen LogP contribution in [0, 0.1) is 0 Å². The Morgan fingerprint density at radius 3 is 2.47 bits per heavy atom. The second-order valence-corrected chi connectivity index (χ2v) is 8.01. The Kier molecular flexibility index (Phi) is 7.75. The van der Waals surface area contributed by atoms with Crippen LogP contribution in [-0.4, -0.2) is 35.8 Å². The van der Waals surface area contributed by atoms with Gasteiger partial charge in [0.2, 0.25) is 5.91 Å². The van der Waals surface area contributed by atoms with E-state index in [0.29, 0.717) is 22.7 Å². The Bertz CT molecular complexity index is 1170. The van der Waals surface area contributed by atoms with Crippen LogP contribution in [0.5, 0.6) is 5.75 Å². The van der Waals surface area contributed by atoms with Crippen LogP contribution in [0.4, 0.5) is 11.4 Å². The number of carboxylic acid groups (broad SMARTS) is 1. The van der Waals surface area contributed by atoms with Crippen LogP contribution in [0.1, 0.15) is 20.7 Å². The molecule has 0 bridgehead atoms. The zero-order valence-electron chi connectivity index (χ0n) is 16.9. The third kappa shape index (κ3) is 6.26. The summed E-state index contributed by atoms with van der Waals surface area (Å²) in [5.41, 5.74) is 1.31. The van der Waals surface area contributed by atoms with Gasteiger partial charge in [-0.05, 0) is 54.6 Å². The van der Waals surface area contributed by atoms with Crippen molar-refractivity contribution in [1.29, 1.82) is 0 Å². The van der Waals surface area contributed by atoms with E-state index in [1.165, 1.54) is 37.1 Å². The quantitative estimate of drug-likeness (QED) is 0.399. The Hall–Kier alpha value is -3.49. The van der Waals surface area contributed by atoms with Crippen molar-refractivity contribution in [3.8, 4) is 5.75 Å². The monoisotopic (exact) mass is 470 g/mol. The van der Waals surface area contributed by atoms with E-state index < -0.39 is 5.97 Å². The third-order valence-corrected chi connectivity index (χ3v) is 5.60. The van der Waals surface area contributed by atoms with Crippen LogP contribution in [0.25, 0.3) is 0 Å². The van der Waals surface area contributed by atoms with Gasteiger partial charge in [-0.25, -0.2) is 4.79 Å². The number of carbonyl (C=O) groups excluding carboxylic acids is 2. The maximum atomic E-state index is 12.5. The van der Waals surface area contributed by atoms with Crippen LogP contribution < -0.4 is 15.4 Å². The van der Waals surface area contributed by atoms with Crippen LogP contribution in [0.15, 0.2) is 71.6 Å². The summed E-state index contributed by atoms with van der Waals surface area (Å²) in [7, 11) is 1.53. The number of anilines is 2. The summed E-state index contributed by atoms with van der Waals surface area (Å²) in [6, 6.07) is 18.2. The molecular weight excluding hydrogens is 452 g/mol. The van der Waals surface area contributed by atoms with Crippen molar-refractivity contribution in [3.63, 3.8) is 0 Å². The highest BCUT2D eigenvalue weighted by Gasteiger charge is 2.12. The van der Waals surface area contributed by atoms with Gasteiger partial charge in [-0.2, -0.15) is 0 Å². The highest BCUT2D eigenvalue weighted by Crippen LogP contribution is 2.24. The average molecular weight is 471 g/mol. The predicted octanol–water partition coefficient (Wildman–Crippen LogP) is 5.03. The number of nitrogens with one attached hydrogen (secondary N) is 2. The molecule has 0 saturated heterocycles. The number of benzene rings is 3. The van der Waals surface area contributed by atoms with Crippen molar-refractivity contribution >= 4 is 52.5 Å². The molecule has 0 aliphatic heterocycles. The molecule has 0 heterocycles. The highest BCUT2D eigenvalue weighted by molar-refractivity contribution is 8.00. The largest absolute Gasteiger partial charge is 0.497 e. The molecule has 2 amide bonds. The predicted molar refractivity (Wildman–Crippen MR) is 125 cm³/mol. The van der Waals surface area contributed by atoms with Crippen molar-refractivity contribution in [2.24, 2.45) is 0 Å². The van der Waals surface area contributed by atoms with Gasteiger partial charge >= 0.3 is 5.97 Å². The Balaban J connectivity index is 1.59. The number of thioether (sulfide) groups is 1. The maximum absolute atomic E-state index is 12.5. The lowest BCUT2D eigenvalue weighted by molar-refractivity contribution is -0.113. The number of ether oxygens (including phenoxy) is 1. The summed E-state index contributed by atoms with van der Waals surface area (Å²) in [6.45, 7) is 0. The fourth-order valence-corrected chi connectivity index (χ4v) is 3.70. The molecule has 0 unspecified atom stereocenters. The van der Waals surface area contributed by atoms with E-state index in [1.54, 1.807) is 42.5 Å². The zero-order chi connectivity index (χ0) is 23.1. The first-order valence-corrected chi connectivity index (χ1v) is 10.7. The molecule has 3 rings (SSSR count). The van der Waals surface area contributed by atoms with Gasteiger partial charge in [0.05, 0.1) is 23.4 Å². The van der Waals surface area contributed by atoms with Gasteiger partial charge in [0.1, 0.15) is 5.75 Å². The molecule has 0 aromatic heterocycles. The van der Waals surface area contributed by atoms with E-state index in [4.69, 9.17) is 21.4 Å². The summed E-state index contributed by atoms with van der Waals surface area (Å²) in [5.74, 6) is -1.07. The van der Waals surface area contributed by atoms with E-state index in [0.717, 1.165) is 4.90 Å². The molecule has 3 aromatic rings. The number of halogens is 1. The molecular formula is C23H19ClN2O5S. The lowest BCUT2D eigenvalue weighted by Crippen LogP contribution is -2.14. The summed E-state index contributed by atoms with van der Waals surface area (Å²) >= 11 is 7.12. The summed E-state index contributed by atoms with van der Waals surface area (Å²) < 4.78 is 5.14. The molecule has 9 heteroatoms. The molecule has 32 heavy (non-hydrogen) atoms. The van der Waals surface area contributed by atoms with Gasteiger partial charge in [0.15, 0.2) is 0 Å². The van der Waals surface area contributed by atoms with Crippen molar-refractivity contribution < 1.29 is 24.2 Å². The smallest absolute Gasteiger partial charge is 0.337 e. The lowest BCUT2D eigenvalue weighted by atomic mass is 10.2. The first kappa shape index (κ1) is 23.2.